The van der Waals surface area contributed by atoms with Crippen molar-refractivity contribution in [3.05, 3.63) is 35.1 Å². The highest BCUT2D eigenvalue weighted by molar-refractivity contribution is 5.34. The molecule has 2 aliphatic rings. The zero-order valence-corrected chi connectivity index (χ0v) is 12.4. The van der Waals surface area contributed by atoms with Gasteiger partial charge >= 0.3 is 0 Å². The number of piperazine rings is 1. The smallest absolute Gasteiger partial charge is 0.123 e. The van der Waals surface area contributed by atoms with E-state index < -0.39 is 0 Å². The Balaban J connectivity index is 1.60. The number of halogens is 1. The molecule has 1 fully saturated rings. The number of nitrogens with zero attached hydrogens (tertiary/aromatic N) is 2. The second-order valence-corrected chi connectivity index (χ2v) is 6.24. The summed E-state index contributed by atoms with van der Waals surface area (Å²) in [5.74, 6) is -0.113. The number of likely N-dealkylation sites (N-methyl/N-ethyl adjacent to an activating group) is 2. The van der Waals surface area contributed by atoms with E-state index in [4.69, 9.17) is 0 Å². The lowest BCUT2D eigenvalue weighted by atomic mass is 10.1. The fourth-order valence-corrected chi connectivity index (χ4v) is 3.40. The topological polar surface area (TPSA) is 18.5 Å². The summed E-state index contributed by atoms with van der Waals surface area (Å²) in [4.78, 5) is 4.83. The van der Waals surface area contributed by atoms with Crippen molar-refractivity contribution in [3.8, 4) is 0 Å². The Morgan fingerprint density at radius 3 is 3.00 bits per heavy atom. The summed E-state index contributed by atoms with van der Waals surface area (Å²) in [6.45, 7) is 4.41. The minimum atomic E-state index is -0.113. The molecule has 1 saturated heterocycles. The molecule has 1 heterocycles. The molecule has 4 heteroatoms. The molecule has 2 unspecified atom stereocenters. The Labute approximate surface area is 120 Å². The van der Waals surface area contributed by atoms with Gasteiger partial charge in [-0.3, -0.25) is 4.90 Å². The van der Waals surface area contributed by atoms with Crippen molar-refractivity contribution >= 4 is 0 Å². The van der Waals surface area contributed by atoms with E-state index in [0.717, 1.165) is 39.0 Å². The molecule has 0 spiro atoms. The normalized spacial score (nSPS) is 27.8. The third-order valence-electron chi connectivity index (χ3n) is 4.76. The van der Waals surface area contributed by atoms with Crippen LogP contribution in [0, 0.1) is 5.82 Å². The Kier molecular flexibility index (Phi) is 4.06. The van der Waals surface area contributed by atoms with E-state index in [1.54, 1.807) is 12.1 Å². The number of hydrogen-bond acceptors (Lipinski definition) is 3. The maximum atomic E-state index is 13.2. The molecular weight excluding hydrogens is 253 g/mol. The summed E-state index contributed by atoms with van der Waals surface area (Å²) in [6.07, 6.45) is 2.08. The van der Waals surface area contributed by atoms with Crippen molar-refractivity contribution in [2.24, 2.45) is 0 Å². The lowest BCUT2D eigenvalue weighted by Gasteiger charge is -2.38. The molecule has 0 amide bonds. The summed E-state index contributed by atoms with van der Waals surface area (Å²) in [5.41, 5.74) is 2.47. The largest absolute Gasteiger partial charge is 0.308 e. The van der Waals surface area contributed by atoms with E-state index in [1.807, 2.05) is 6.07 Å². The first kappa shape index (κ1) is 14.0. The average Bonchev–Trinajstić information content (AvgIpc) is 2.82. The average molecular weight is 277 g/mol. The van der Waals surface area contributed by atoms with Crippen molar-refractivity contribution in [3.63, 3.8) is 0 Å². The van der Waals surface area contributed by atoms with Gasteiger partial charge in [0.1, 0.15) is 5.82 Å². The first-order chi connectivity index (χ1) is 9.63. The Morgan fingerprint density at radius 1 is 1.30 bits per heavy atom. The SMILES string of the molecule is CN1CCN(C)C(CNC2CCc3cc(F)ccc32)C1. The maximum absolute atomic E-state index is 13.2. The third-order valence-corrected chi connectivity index (χ3v) is 4.76. The van der Waals surface area contributed by atoms with E-state index in [9.17, 15) is 4.39 Å². The van der Waals surface area contributed by atoms with Gasteiger partial charge in [-0.25, -0.2) is 4.39 Å². The molecule has 1 aromatic rings. The molecule has 0 bridgehead atoms. The molecule has 20 heavy (non-hydrogen) atoms. The van der Waals surface area contributed by atoms with Gasteiger partial charge in [0.05, 0.1) is 0 Å². The first-order valence-electron chi connectivity index (χ1n) is 7.54. The number of benzene rings is 1. The third kappa shape index (κ3) is 2.87. The van der Waals surface area contributed by atoms with Gasteiger partial charge in [0, 0.05) is 38.3 Å². The zero-order valence-electron chi connectivity index (χ0n) is 12.4. The number of fused-ring (bicyclic) bond motifs is 1. The van der Waals surface area contributed by atoms with Crippen LogP contribution in [0.4, 0.5) is 4.39 Å². The van der Waals surface area contributed by atoms with Crippen LogP contribution in [0.15, 0.2) is 18.2 Å². The molecule has 1 aliphatic heterocycles. The van der Waals surface area contributed by atoms with Crippen LogP contribution in [0.1, 0.15) is 23.6 Å². The number of nitrogens with one attached hydrogen (secondary N) is 1. The Bertz CT molecular complexity index is 477. The van der Waals surface area contributed by atoms with E-state index in [2.05, 4.69) is 29.2 Å². The van der Waals surface area contributed by atoms with E-state index >= 15 is 0 Å². The summed E-state index contributed by atoms with van der Waals surface area (Å²) >= 11 is 0. The molecular formula is C16H24FN3. The van der Waals surface area contributed by atoms with Gasteiger partial charge < -0.3 is 10.2 Å². The standard InChI is InChI=1S/C16H24FN3/c1-19-7-8-20(2)14(11-19)10-18-16-6-3-12-9-13(17)4-5-15(12)16/h4-5,9,14,16,18H,3,6-8,10-11H2,1-2H3. The highest BCUT2D eigenvalue weighted by atomic mass is 19.1. The predicted octanol–water partition coefficient (Wildman–Crippen LogP) is 1.65. The molecule has 1 aromatic carbocycles. The number of aryl methyl sites for hydroxylation is 1. The number of rotatable bonds is 3. The van der Waals surface area contributed by atoms with E-state index in [1.165, 1.54) is 11.1 Å². The molecule has 1 N–H and O–H groups in total. The Hall–Kier alpha value is -0.970. The van der Waals surface area contributed by atoms with Crippen LogP contribution in [0.25, 0.3) is 0 Å². The van der Waals surface area contributed by atoms with Crippen LogP contribution < -0.4 is 5.32 Å². The van der Waals surface area contributed by atoms with Gasteiger partial charge in [0.25, 0.3) is 0 Å². The van der Waals surface area contributed by atoms with Crippen molar-refractivity contribution in [2.75, 3.05) is 40.3 Å². The van der Waals surface area contributed by atoms with Crippen LogP contribution in [0.2, 0.25) is 0 Å². The van der Waals surface area contributed by atoms with E-state index in [-0.39, 0.29) is 5.82 Å². The van der Waals surface area contributed by atoms with Crippen LogP contribution in [0.5, 0.6) is 0 Å². The van der Waals surface area contributed by atoms with Gasteiger partial charge in [-0.1, -0.05) is 6.07 Å². The zero-order chi connectivity index (χ0) is 14.1. The summed E-state index contributed by atoms with van der Waals surface area (Å²) < 4.78 is 13.2. The molecule has 0 saturated carbocycles. The van der Waals surface area contributed by atoms with Gasteiger partial charge in [-0.15, -0.1) is 0 Å². The van der Waals surface area contributed by atoms with Crippen molar-refractivity contribution in [1.29, 1.82) is 0 Å². The molecule has 2 atom stereocenters. The van der Waals surface area contributed by atoms with Crippen molar-refractivity contribution < 1.29 is 4.39 Å². The molecule has 1 aliphatic carbocycles. The van der Waals surface area contributed by atoms with Crippen molar-refractivity contribution in [2.45, 2.75) is 24.9 Å². The van der Waals surface area contributed by atoms with Gasteiger partial charge in [0.15, 0.2) is 0 Å². The number of hydrogen-bond donors (Lipinski definition) is 1. The highest BCUT2D eigenvalue weighted by Gasteiger charge is 2.26. The Morgan fingerprint density at radius 2 is 2.15 bits per heavy atom. The lowest BCUT2D eigenvalue weighted by Crippen LogP contribution is -2.54. The summed E-state index contributed by atoms with van der Waals surface area (Å²) in [7, 11) is 4.39. The second kappa shape index (κ2) is 5.80. The minimum Gasteiger partial charge on any atom is -0.308 e. The molecule has 110 valence electrons. The minimum absolute atomic E-state index is 0.113. The van der Waals surface area contributed by atoms with Crippen LogP contribution in [-0.4, -0.2) is 56.1 Å². The van der Waals surface area contributed by atoms with Gasteiger partial charge in [-0.2, -0.15) is 0 Å². The molecule has 0 aromatic heterocycles. The van der Waals surface area contributed by atoms with Crippen molar-refractivity contribution in [1.82, 2.24) is 15.1 Å². The predicted molar refractivity (Wildman–Crippen MR) is 79.4 cm³/mol. The molecule has 3 nitrogen and oxygen atoms in total. The van der Waals surface area contributed by atoms with E-state index in [0.29, 0.717) is 12.1 Å². The fraction of sp³-hybridized carbons (Fsp3) is 0.625. The monoisotopic (exact) mass is 277 g/mol. The van der Waals surface area contributed by atoms with Gasteiger partial charge in [-0.05, 0) is 50.2 Å². The molecule has 0 radical (unpaired) electrons. The van der Waals surface area contributed by atoms with Crippen LogP contribution in [-0.2, 0) is 6.42 Å². The first-order valence-corrected chi connectivity index (χ1v) is 7.54. The maximum Gasteiger partial charge on any atom is 0.123 e. The summed E-state index contributed by atoms with van der Waals surface area (Å²) in [5, 5.41) is 3.69. The fourth-order valence-electron chi connectivity index (χ4n) is 3.40. The van der Waals surface area contributed by atoms with Crippen LogP contribution in [0.3, 0.4) is 0 Å². The quantitative estimate of drug-likeness (QED) is 0.906. The summed E-state index contributed by atoms with van der Waals surface area (Å²) in [6, 6.07) is 6.19. The van der Waals surface area contributed by atoms with Gasteiger partial charge in [0.2, 0.25) is 0 Å². The highest BCUT2D eigenvalue weighted by Crippen LogP contribution is 2.31. The van der Waals surface area contributed by atoms with Crippen LogP contribution >= 0.6 is 0 Å². The second-order valence-electron chi connectivity index (χ2n) is 6.24. The lowest BCUT2D eigenvalue weighted by molar-refractivity contribution is 0.111. The molecule has 3 rings (SSSR count).